The Kier molecular flexibility index (Phi) is 4.95. The Hall–Kier alpha value is -1.59. The molecule has 4 rings (SSSR count). The summed E-state index contributed by atoms with van der Waals surface area (Å²) in [6, 6.07) is 9.92. The van der Waals surface area contributed by atoms with E-state index in [9.17, 15) is 4.79 Å². The van der Waals surface area contributed by atoms with Crippen LogP contribution in [0.3, 0.4) is 0 Å². The van der Waals surface area contributed by atoms with Crippen molar-refractivity contribution in [3.05, 3.63) is 51.7 Å². The molecule has 130 valence electrons. The van der Waals surface area contributed by atoms with Crippen LogP contribution >= 0.6 is 23.1 Å². The summed E-state index contributed by atoms with van der Waals surface area (Å²) in [5.74, 6) is 1.89. The second-order valence-corrected chi connectivity index (χ2v) is 8.81. The van der Waals surface area contributed by atoms with Gasteiger partial charge in [-0.1, -0.05) is 36.9 Å². The van der Waals surface area contributed by atoms with Crippen molar-refractivity contribution in [2.75, 3.05) is 12.3 Å². The lowest BCUT2D eigenvalue weighted by Crippen LogP contribution is -2.39. The fourth-order valence-corrected chi connectivity index (χ4v) is 5.65. The summed E-state index contributed by atoms with van der Waals surface area (Å²) in [5.41, 5.74) is 3.11. The molecule has 2 aromatic rings. The summed E-state index contributed by atoms with van der Waals surface area (Å²) in [6.07, 6.45) is 4.36. The molecule has 25 heavy (non-hydrogen) atoms. The van der Waals surface area contributed by atoms with E-state index in [1.165, 1.54) is 16.9 Å². The van der Waals surface area contributed by atoms with Crippen LogP contribution in [0, 0.1) is 5.92 Å². The normalized spacial score (nSPS) is 22.0. The fraction of sp³-hybridized carbons (Fsp3) is 0.400. The maximum absolute atomic E-state index is 13.3. The Morgan fingerprint density at radius 2 is 2.12 bits per heavy atom. The van der Waals surface area contributed by atoms with E-state index in [0.29, 0.717) is 0 Å². The van der Waals surface area contributed by atoms with Gasteiger partial charge in [0.2, 0.25) is 0 Å². The van der Waals surface area contributed by atoms with Gasteiger partial charge in [0.1, 0.15) is 0 Å². The Balaban J connectivity index is 1.63. The van der Waals surface area contributed by atoms with Crippen molar-refractivity contribution in [3.63, 3.8) is 0 Å². The predicted octanol–water partition coefficient (Wildman–Crippen LogP) is 5.14. The highest BCUT2D eigenvalue weighted by molar-refractivity contribution is 8.13. The number of aliphatic imine (C=N–C) groups is 1. The van der Waals surface area contributed by atoms with Gasteiger partial charge in [0, 0.05) is 22.6 Å². The second kappa shape index (κ2) is 7.34. The Labute approximate surface area is 157 Å². The van der Waals surface area contributed by atoms with Gasteiger partial charge in [-0.3, -0.25) is 9.69 Å². The van der Waals surface area contributed by atoms with Gasteiger partial charge in [-0.25, -0.2) is 4.99 Å². The first-order chi connectivity index (χ1) is 12.2. The Bertz CT molecular complexity index is 797. The quantitative estimate of drug-likeness (QED) is 0.733. The predicted molar refractivity (Wildman–Crippen MR) is 107 cm³/mol. The third-order valence-electron chi connectivity index (χ3n) is 4.85. The van der Waals surface area contributed by atoms with Crippen LogP contribution in [0.5, 0.6) is 0 Å². The maximum atomic E-state index is 13.3. The highest BCUT2D eigenvalue weighted by Gasteiger charge is 2.29. The molecule has 0 radical (unpaired) electrons. The number of nitrogens with zero attached hydrogens (tertiary/aromatic N) is 2. The van der Waals surface area contributed by atoms with Gasteiger partial charge in [0.25, 0.3) is 5.91 Å². The van der Waals surface area contributed by atoms with Crippen LogP contribution in [0.15, 0.2) is 40.7 Å². The molecule has 1 aliphatic heterocycles. The number of carbonyl (C=O) groups is 1. The lowest BCUT2D eigenvalue weighted by molar-refractivity contribution is 0.0848. The van der Waals surface area contributed by atoms with Crippen molar-refractivity contribution in [2.24, 2.45) is 10.9 Å². The van der Waals surface area contributed by atoms with E-state index < -0.39 is 0 Å². The molecule has 1 aliphatic carbocycles. The molecule has 1 fully saturated rings. The van der Waals surface area contributed by atoms with E-state index >= 15 is 0 Å². The number of fused-ring (bicyclic) bond motifs is 1. The number of amidine groups is 1. The lowest BCUT2D eigenvalue weighted by Gasteiger charge is -2.28. The monoisotopic (exact) mass is 370 g/mol. The van der Waals surface area contributed by atoms with E-state index in [0.717, 1.165) is 53.9 Å². The van der Waals surface area contributed by atoms with Gasteiger partial charge in [-0.05, 0) is 49.3 Å². The zero-order valence-corrected chi connectivity index (χ0v) is 16.0. The molecule has 1 saturated heterocycles. The van der Waals surface area contributed by atoms with Crippen molar-refractivity contribution in [3.8, 4) is 0 Å². The molecule has 5 heteroatoms. The molecule has 2 aliphatic rings. The molecule has 1 amide bonds. The molecule has 1 aromatic carbocycles. The van der Waals surface area contributed by atoms with Crippen LogP contribution < -0.4 is 0 Å². The summed E-state index contributed by atoms with van der Waals surface area (Å²) < 4.78 is 0. The van der Waals surface area contributed by atoms with Crippen LogP contribution in [-0.2, 0) is 12.8 Å². The van der Waals surface area contributed by atoms with Crippen LogP contribution in [0.2, 0.25) is 0 Å². The van der Waals surface area contributed by atoms with Crippen molar-refractivity contribution in [2.45, 2.75) is 32.6 Å². The smallest absolute Gasteiger partial charge is 0.260 e. The van der Waals surface area contributed by atoms with Gasteiger partial charge in [-0.2, -0.15) is 0 Å². The molecule has 0 bridgehead atoms. The zero-order chi connectivity index (χ0) is 17.2. The number of rotatable bonds is 2. The van der Waals surface area contributed by atoms with Crippen LogP contribution in [0.1, 0.15) is 40.6 Å². The maximum Gasteiger partial charge on any atom is 0.260 e. The van der Waals surface area contributed by atoms with E-state index in [1.807, 2.05) is 35.2 Å². The number of carbonyl (C=O) groups excluding carboxylic acids is 1. The summed E-state index contributed by atoms with van der Waals surface area (Å²) in [4.78, 5) is 21.3. The first kappa shape index (κ1) is 16.9. The summed E-state index contributed by atoms with van der Waals surface area (Å²) in [5, 5.41) is 2.91. The van der Waals surface area contributed by atoms with Gasteiger partial charge >= 0.3 is 0 Å². The average Bonchev–Trinajstić information content (AvgIpc) is 3.05. The minimum Gasteiger partial charge on any atom is -0.287 e. The molecule has 3 nitrogen and oxygen atoms in total. The summed E-state index contributed by atoms with van der Waals surface area (Å²) >= 11 is 3.45. The van der Waals surface area contributed by atoms with E-state index in [2.05, 4.69) is 12.3 Å². The number of para-hydroxylation sites is 1. The van der Waals surface area contributed by atoms with Gasteiger partial charge in [0.05, 0.1) is 11.3 Å². The van der Waals surface area contributed by atoms with Gasteiger partial charge < -0.3 is 0 Å². The van der Waals surface area contributed by atoms with E-state index in [1.54, 1.807) is 23.1 Å². The first-order valence-corrected chi connectivity index (χ1v) is 10.8. The molecule has 1 aromatic heterocycles. The Morgan fingerprint density at radius 1 is 1.28 bits per heavy atom. The Morgan fingerprint density at radius 3 is 2.96 bits per heavy atom. The number of thioether (sulfide) groups is 1. The third-order valence-corrected chi connectivity index (χ3v) is 6.96. The average molecular weight is 371 g/mol. The highest BCUT2D eigenvalue weighted by atomic mass is 32.2. The lowest BCUT2D eigenvalue weighted by atomic mass is 9.88. The number of amides is 1. The molecule has 1 atom stereocenters. The molecule has 0 spiro atoms. The fourth-order valence-electron chi connectivity index (χ4n) is 3.46. The van der Waals surface area contributed by atoms with Crippen LogP contribution in [0.4, 0.5) is 5.69 Å². The molecule has 0 saturated carbocycles. The zero-order valence-electron chi connectivity index (χ0n) is 14.4. The standard InChI is InChI=1S/C20H22N2OS2/c1-14-8-9-16-17(13-25-18(16)12-14)19(23)22-10-5-11-24-20(22)21-15-6-3-2-4-7-15/h2-4,6-7,13-14H,5,8-12H2,1H3. The SMILES string of the molecule is CC1CCc2c(C(=O)N3CCCSC3=Nc3ccccc3)csc2C1. The summed E-state index contributed by atoms with van der Waals surface area (Å²) in [7, 11) is 0. The molecule has 0 N–H and O–H groups in total. The molecular weight excluding hydrogens is 348 g/mol. The minimum absolute atomic E-state index is 0.133. The molecular formula is C20H22N2OS2. The van der Waals surface area contributed by atoms with E-state index in [-0.39, 0.29) is 5.91 Å². The second-order valence-electron chi connectivity index (χ2n) is 6.79. The number of hydrogen-bond acceptors (Lipinski definition) is 4. The number of hydrogen-bond donors (Lipinski definition) is 0. The minimum atomic E-state index is 0.133. The van der Waals surface area contributed by atoms with Crippen LogP contribution in [0.25, 0.3) is 0 Å². The van der Waals surface area contributed by atoms with Gasteiger partial charge in [-0.15, -0.1) is 11.3 Å². The highest BCUT2D eigenvalue weighted by Crippen LogP contribution is 2.34. The third kappa shape index (κ3) is 3.53. The van der Waals surface area contributed by atoms with E-state index in [4.69, 9.17) is 4.99 Å². The van der Waals surface area contributed by atoms with Crippen LogP contribution in [-0.4, -0.2) is 28.3 Å². The van der Waals surface area contributed by atoms with Crippen molar-refractivity contribution >= 4 is 39.9 Å². The number of thiophene rings is 1. The first-order valence-electron chi connectivity index (χ1n) is 8.90. The van der Waals surface area contributed by atoms with Crippen molar-refractivity contribution in [1.29, 1.82) is 0 Å². The molecule has 2 heterocycles. The number of benzene rings is 1. The molecule has 1 unspecified atom stereocenters. The van der Waals surface area contributed by atoms with Crippen molar-refractivity contribution < 1.29 is 4.79 Å². The van der Waals surface area contributed by atoms with Crippen molar-refractivity contribution in [1.82, 2.24) is 4.90 Å². The topological polar surface area (TPSA) is 32.7 Å². The largest absolute Gasteiger partial charge is 0.287 e. The van der Waals surface area contributed by atoms with Gasteiger partial charge in [0.15, 0.2) is 5.17 Å². The summed E-state index contributed by atoms with van der Waals surface area (Å²) in [6.45, 7) is 3.06.